The van der Waals surface area contributed by atoms with Gasteiger partial charge in [0.2, 0.25) is 0 Å². The Morgan fingerprint density at radius 2 is 2.20 bits per heavy atom. The number of aryl methyl sites for hydroxylation is 3. The topological polar surface area (TPSA) is 73.7 Å². The first-order valence-corrected chi connectivity index (χ1v) is 7.19. The Morgan fingerprint density at radius 1 is 1.45 bits per heavy atom. The smallest absolute Gasteiger partial charge is 0.0926 e. The van der Waals surface area contributed by atoms with Crippen LogP contribution in [0.5, 0.6) is 0 Å². The van der Waals surface area contributed by atoms with E-state index in [-0.39, 0.29) is 6.04 Å². The summed E-state index contributed by atoms with van der Waals surface area (Å²) >= 11 is 6.30. The van der Waals surface area contributed by atoms with Crippen molar-refractivity contribution in [2.45, 2.75) is 39.3 Å². The van der Waals surface area contributed by atoms with Crippen molar-refractivity contribution in [1.29, 1.82) is 0 Å². The van der Waals surface area contributed by atoms with E-state index in [0.717, 1.165) is 36.3 Å². The van der Waals surface area contributed by atoms with Gasteiger partial charge in [0, 0.05) is 25.4 Å². The molecule has 2 aromatic heterocycles. The fourth-order valence-corrected chi connectivity index (χ4v) is 2.68. The van der Waals surface area contributed by atoms with Gasteiger partial charge in [0.05, 0.1) is 28.6 Å². The highest BCUT2D eigenvalue weighted by molar-refractivity contribution is 6.31. The molecule has 2 aromatic rings. The Labute approximate surface area is 123 Å². The summed E-state index contributed by atoms with van der Waals surface area (Å²) in [6.45, 7) is 4.98. The van der Waals surface area contributed by atoms with E-state index >= 15 is 0 Å². The average molecular weight is 297 g/mol. The number of nitrogens with two attached hydrogens (primary N) is 1. The predicted molar refractivity (Wildman–Crippen MR) is 79.3 cm³/mol. The van der Waals surface area contributed by atoms with Crippen molar-refractivity contribution in [3.05, 3.63) is 34.4 Å². The molecule has 0 bridgehead atoms. The second-order valence-electron chi connectivity index (χ2n) is 4.76. The zero-order valence-electron chi connectivity index (χ0n) is 12.1. The molecule has 0 aliphatic rings. The summed E-state index contributed by atoms with van der Waals surface area (Å²) in [5.41, 5.74) is 5.79. The molecule has 0 aliphatic heterocycles. The molecule has 0 spiro atoms. The van der Waals surface area contributed by atoms with Crippen molar-refractivity contribution in [3.63, 3.8) is 0 Å². The quantitative estimate of drug-likeness (QED) is 0.630. The number of hydrazine groups is 1. The van der Waals surface area contributed by atoms with Gasteiger partial charge in [-0.3, -0.25) is 15.2 Å². The predicted octanol–water partition coefficient (Wildman–Crippen LogP) is 1.80. The van der Waals surface area contributed by atoms with Crippen molar-refractivity contribution in [2.24, 2.45) is 12.9 Å². The third-order valence-corrected chi connectivity index (χ3v) is 3.58. The van der Waals surface area contributed by atoms with Crippen molar-refractivity contribution in [2.75, 3.05) is 0 Å². The van der Waals surface area contributed by atoms with E-state index in [1.165, 1.54) is 0 Å². The highest BCUT2D eigenvalue weighted by Gasteiger charge is 2.24. The van der Waals surface area contributed by atoms with E-state index in [9.17, 15) is 0 Å². The van der Waals surface area contributed by atoms with Gasteiger partial charge in [-0.15, -0.1) is 0 Å². The lowest BCUT2D eigenvalue weighted by molar-refractivity contribution is 0.519. The van der Waals surface area contributed by atoms with E-state index in [1.807, 2.05) is 17.9 Å². The minimum Gasteiger partial charge on any atom is -0.275 e. The molecule has 0 saturated heterocycles. The van der Waals surface area contributed by atoms with E-state index in [1.54, 1.807) is 10.9 Å². The normalized spacial score (nSPS) is 12.8. The maximum atomic E-state index is 6.30. The lowest BCUT2D eigenvalue weighted by Crippen LogP contribution is -2.31. The second-order valence-corrected chi connectivity index (χ2v) is 5.17. The fraction of sp³-hybridized carbons (Fsp3) is 0.538. The Hall–Kier alpha value is -1.37. The second kappa shape index (κ2) is 6.39. The van der Waals surface area contributed by atoms with Crippen LogP contribution in [0.25, 0.3) is 0 Å². The van der Waals surface area contributed by atoms with Crippen molar-refractivity contribution in [1.82, 2.24) is 25.0 Å². The van der Waals surface area contributed by atoms with Crippen LogP contribution in [0.15, 0.2) is 12.4 Å². The summed E-state index contributed by atoms with van der Waals surface area (Å²) < 4.78 is 3.70. The third-order valence-electron chi connectivity index (χ3n) is 3.29. The molecule has 1 atom stereocenters. The van der Waals surface area contributed by atoms with Gasteiger partial charge >= 0.3 is 0 Å². The first-order chi connectivity index (χ1) is 9.62. The lowest BCUT2D eigenvalue weighted by Gasteiger charge is -2.18. The van der Waals surface area contributed by atoms with Gasteiger partial charge in [0.25, 0.3) is 0 Å². The highest BCUT2D eigenvalue weighted by Crippen LogP contribution is 2.29. The van der Waals surface area contributed by atoms with Gasteiger partial charge < -0.3 is 0 Å². The molecule has 3 N–H and O–H groups in total. The Balaban J connectivity index is 2.49. The maximum Gasteiger partial charge on any atom is 0.0926 e. The first kappa shape index (κ1) is 15.0. The molecule has 6 nitrogen and oxygen atoms in total. The molecule has 2 rings (SSSR count). The number of hydrogen-bond acceptors (Lipinski definition) is 4. The van der Waals surface area contributed by atoms with Crippen molar-refractivity contribution >= 4 is 11.6 Å². The van der Waals surface area contributed by atoms with Gasteiger partial charge in [-0.1, -0.05) is 25.4 Å². The van der Waals surface area contributed by atoms with Crippen molar-refractivity contribution in [3.8, 4) is 0 Å². The number of hydrogen-bond donors (Lipinski definition) is 2. The molecule has 110 valence electrons. The van der Waals surface area contributed by atoms with E-state index in [4.69, 9.17) is 17.4 Å². The summed E-state index contributed by atoms with van der Waals surface area (Å²) in [7, 11) is 1.90. The Morgan fingerprint density at radius 3 is 2.80 bits per heavy atom. The monoisotopic (exact) mass is 296 g/mol. The number of halogens is 1. The van der Waals surface area contributed by atoms with Crippen LogP contribution in [0.2, 0.25) is 5.02 Å². The first-order valence-electron chi connectivity index (χ1n) is 6.82. The molecule has 2 heterocycles. The lowest BCUT2D eigenvalue weighted by atomic mass is 10.0. The molecule has 1 unspecified atom stereocenters. The van der Waals surface area contributed by atoms with Gasteiger partial charge in [-0.2, -0.15) is 10.2 Å². The van der Waals surface area contributed by atoms with Crippen LogP contribution in [0.3, 0.4) is 0 Å². The van der Waals surface area contributed by atoms with E-state index in [2.05, 4.69) is 29.5 Å². The van der Waals surface area contributed by atoms with Crippen LogP contribution < -0.4 is 11.3 Å². The van der Waals surface area contributed by atoms with Gasteiger partial charge in [-0.25, -0.2) is 5.43 Å². The van der Waals surface area contributed by atoms with Gasteiger partial charge in [-0.05, 0) is 12.8 Å². The van der Waals surface area contributed by atoms with Crippen LogP contribution in [0.1, 0.15) is 43.3 Å². The summed E-state index contributed by atoms with van der Waals surface area (Å²) in [6.07, 6.45) is 5.46. The number of aromatic nitrogens is 4. The summed E-state index contributed by atoms with van der Waals surface area (Å²) in [6, 6.07) is -0.208. The molecule has 20 heavy (non-hydrogen) atoms. The zero-order chi connectivity index (χ0) is 14.7. The van der Waals surface area contributed by atoms with Gasteiger partial charge in [0.15, 0.2) is 0 Å². The minimum absolute atomic E-state index is 0.208. The third kappa shape index (κ3) is 2.72. The molecule has 0 aliphatic carbocycles. The highest BCUT2D eigenvalue weighted by atomic mass is 35.5. The molecule has 0 aromatic carbocycles. The summed E-state index contributed by atoms with van der Waals surface area (Å²) in [5, 5.41) is 9.40. The van der Waals surface area contributed by atoms with Crippen LogP contribution in [-0.2, 0) is 20.0 Å². The van der Waals surface area contributed by atoms with Crippen molar-refractivity contribution < 1.29 is 0 Å². The minimum atomic E-state index is -0.208. The average Bonchev–Trinajstić information content (AvgIpc) is 2.97. The van der Waals surface area contributed by atoms with Crippen LogP contribution in [0, 0.1) is 0 Å². The molecular formula is C13H21ClN6. The Bertz CT molecular complexity index is 573. The molecule has 0 amide bonds. The number of rotatable bonds is 6. The summed E-state index contributed by atoms with van der Waals surface area (Å²) in [5.74, 6) is 5.78. The Kier molecular flexibility index (Phi) is 4.80. The standard InChI is InChI=1S/C13H21ClN6/c1-4-6-20-13(10(14)7-16-20)12(17-15)9-8-19(3)18-11(9)5-2/h7-8,12,17H,4-6,15H2,1-3H3. The summed E-state index contributed by atoms with van der Waals surface area (Å²) in [4.78, 5) is 0. The number of nitrogens with one attached hydrogen (secondary N) is 1. The molecule has 0 fully saturated rings. The SMILES string of the molecule is CCCn1ncc(Cl)c1C(NN)c1cn(C)nc1CC. The number of nitrogens with zero attached hydrogens (tertiary/aromatic N) is 4. The molecule has 7 heteroatoms. The van der Waals surface area contributed by atoms with Crippen LogP contribution in [-0.4, -0.2) is 19.6 Å². The molecular weight excluding hydrogens is 276 g/mol. The molecule has 0 saturated carbocycles. The van der Waals surface area contributed by atoms with Crippen LogP contribution >= 0.6 is 11.6 Å². The van der Waals surface area contributed by atoms with E-state index in [0.29, 0.717) is 5.02 Å². The maximum absolute atomic E-state index is 6.30. The molecule has 0 radical (unpaired) electrons. The van der Waals surface area contributed by atoms with Crippen LogP contribution in [0.4, 0.5) is 0 Å². The zero-order valence-corrected chi connectivity index (χ0v) is 12.9. The van der Waals surface area contributed by atoms with E-state index < -0.39 is 0 Å². The fourth-order valence-electron chi connectivity index (χ4n) is 2.43. The largest absolute Gasteiger partial charge is 0.275 e. The van der Waals surface area contributed by atoms with Gasteiger partial charge in [0.1, 0.15) is 0 Å².